The highest BCUT2D eigenvalue weighted by molar-refractivity contribution is 14.0. The first kappa shape index (κ1) is 23.1. The van der Waals surface area contributed by atoms with E-state index in [4.69, 9.17) is 0 Å². The molecule has 0 bridgehead atoms. The zero-order chi connectivity index (χ0) is 17.3. The van der Waals surface area contributed by atoms with Crippen molar-refractivity contribution in [3.63, 3.8) is 0 Å². The van der Waals surface area contributed by atoms with Gasteiger partial charge in [-0.2, -0.15) is 0 Å². The molecule has 0 spiro atoms. The molecule has 0 saturated heterocycles. The van der Waals surface area contributed by atoms with Crippen LogP contribution in [0.4, 0.5) is 4.39 Å². The molecular formula is C16H27FIN3O2S. The average Bonchev–Trinajstić information content (AvgIpc) is 2.47. The molecule has 1 rings (SSSR count). The fourth-order valence-corrected chi connectivity index (χ4v) is 2.86. The van der Waals surface area contributed by atoms with Crippen LogP contribution in [0, 0.1) is 5.82 Å². The summed E-state index contributed by atoms with van der Waals surface area (Å²) in [4.78, 5) is 4.12. The van der Waals surface area contributed by atoms with Gasteiger partial charge >= 0.3 is 0 Å². The van der Waals surface area contributed by atoms with Crippen LogP contribution < -0.4 is 10.6 Å². The summed E-state index contributed by atoms with van der Waals surface area (Å²) in [5.41, 5.74) is 0.969. The summed E-state index contributed by atoms with van der Waals surface area (Å²) in [5, 5.41) is 6.34. The predicted octanol–water partition coefficient (Wildman–Crippen LogP) is 2.36. The first-order valence-corrected chi connectivity index (χ1v) is 9.75. The lowest BCUT2D eigenvalue weighted by molar-refractivity contribution is 0.580. The average molecular weight is 471 g/mol. The van der Waals surface area contributed by atoms with E-state index in [1.807, 2.05) is 13.0 Å². The van der Waals surface area contributed by atoms with Gasteiger partial charge in [0.2, 0.25) is 0 Å². The van der Waals surface area contributed by atoms with Crippen molar-refractivity contribution in [3.05, 3.63) is 35.6 Å². The second-order valence-corrected chi connectivity index (χ2v) is 7.96. The number of rotatable bonds is 8. The van der Waals surface area contributed by atoms with Gasteiger partial charge in [0, 0.05) is 25.9 Å². The molecule has 0 aliphatic carbocycles. The minimum absolute atomic E-state index is 0. The van der Waals surface area contributed by atoms with Crippen molar-refractivity contribution >= 4 is 39.8 Å². The minimum atomic E-state index is -2.95. The predicted molar refractivity (Wildman–Crippen MR) is 108 cm³/mol. The number of guanidine groups is 1. The van der Waals surface area contributed by atoms with Gasteiger partial charge in [-0.25, -0.2) is 12.8 Å². The van der Waals surface area contributed by atoms with E-state index in [0.29, 0.717) is 18.9 Å². The SMILES string of the molecule is CN=C(NCCCc1cccc(F)c1)NC(C)CCS(C)(=O)=O.I. The zero-order valence-electron chi connectivity index (χ0n) is 14.4. The standard InChI is InChI=1S/C16H26FN3O2S.HI/c1-13(9-11-23(3,21)22)20-16(18-2)19-10-5-7-14-6-4-8-15(17)12-14;/h4,6,8,12-13H,5,7,9-11H2,1-3H3,(H2,18,19,20);1H. The molecule has 1 unspecified atom stereocenters. The van der Waals surface area contributed by atoms with Gasteiger partial charge in [-0.15, -0.1) is 24.0 Å². The van der Waals surface area contributed by atoms with Gasteiger partial charge in [-0.1, -0.05) is 12.1 Å². The molecule has 0 amide bonds. The van der Waals surface area contributed by atoms with E-state index in [0.717, 1.165) is 18.4 Å². The van der Waals surface area contributed by atoms with E-state index in [-0.39, 0.29) is 41.6 Å². The summed E-state index contributed by atoms with van der Waals surface area (Å²) < 4.78 is 35.4. The number of sulfone groups is 1. The molecule has 0 heterocycles. The van der Waals surface area contributed by atoms with Crippen LogP contribution in [0.5, 0.6) is 0 Å². The summed E-state index contributed by atoms with van der Waals surface area (Å²) >= 11 is 0. The molecule has 1 atom stereocenters. The molecule has 1 aromatic rings. The Morgan fingerprint density at radius 3 is 2.67 bits per heavy atom. The van der Waals surface area contributed by atoms with Crippen LogP contribution in [0.2, 0.25) is 0 Å². The molecule has 8 heteroatoms. The Bertz CT molecular complexity index is 624. The number of aryl methyl sites for hydroxylation is 1. The van der Waals surface area contributed by atoms with Crippen molar-refractivity contribution in [2.45, 2.75) is 32.2 Å². The summed E-state index contributed by atoms with van der Waals surface area (Å²) in [6, 6.07) is 6.61. The van der Waals surface area contributed by atoms with Gasteiger partial charge in [0.25, 0.3) is 0 Å². The highest BCUT2D eigenvalue weighted by Gasteiger charge is 2.09. The Morgan fingerprint density at radius 1 is 1.38 bits per heavy atom. The van der Waals surface area contributed by atoms with Gasteiger partial charge in [0.15, 0.2) is 5.96 Å². The molecule has 5 nitrogen and oxygen atoms in total. The topological polar surface area (TPSA) is 70.6 Å². The van der Waals surface area contributed by atoms with Crippen LogP contribution >= 0.6 is 24.0 Å². The Labute approximate surface area is 161 Å². The van der Waals surface area contributed by atoms with Gasteiger partial charge in [0.1, 0.15) is 15.7 Å². The van der Waals surface area contributed by atoms with Crippen molar-refractivity contribution in [2.24, 2.45) is 4.99 Å². The Hall–Kier alpha value is -0.900. The van der Waals surface area contributed by atoms with Crippen molar-refractivity contribution in [2.75, 3.05) is 25.6 Å². The third kappa shape index (κ3) is 10.8. The molecule has 0 aliphatic heterocycles. The van der Waals surface area contributed by atoms with Crippen molar-refractivity contribution < 1.29 is 12.8 Å². The molecule has 2 N–H and O–H groups in total. The lowest BCUT2D eigenvalue weighted by Gasteiger charge is -2.17. The van der Waals surface area contributed by atoms with E-state index >= 15 is 0 Å². The largest absolute Gasteiger partial charge is 0.356 e. The summed E-state index contributed by atoms with van der Waals surface area (Å²) in [6.45, 7) is 2.62. The smallest absolute Gasteiger partial charge is 0.191 e. The zero-order valence-corrected chi connectivity index (χ0v) is 17.5. The van der Waals surface area contributed by atoms with Crippen molar-refractivity contribution in [1.29, 1.82) is 0 Å². The Kier molecular flexibility index (Phi) is 11.2. The normalized spacial score (nSPS) is 13.1. The van der Waals surface area contributed by atoms with Gasteiger partial charge in [-0.3, -0.25) is 4.99 Å². The molecule has 0 aliphatic rings. The maximum Gasteiger partial charge on any atom is 0.191 e. The number of halogens is 2. The molecule has 0 radical (unpaired) electrons. The molecule has 1 aromatic carbocycles. The Morgan fingerprint density at radius 2 is 2.08 bits per heavy atom. The van der Waals surface area contributed by atoms with Crippen LogP contribution in [0.3, 0.4) is 0 Å². The lowest BCUT2D eigenvalue weighted by Crippen LogP contribution is -2.43. The van der Waals surface area contributed by atoms with Gasteiger partial charge in [0.05, 0.1) is 5.75 Å². The molecule has 138 valence electrons. The van der Waals surface area contributed by atoms with Crippen LogP contribution in [-0.2, 0) is 16.3 Å². The fraction of sp³-hybridized carbons (Fsp3) is 0.562. The number of hydrogen-bond acceptors (Lipinski definition) is 3. The third-order valence-corrected chi connectivity index (χ3v) is 4.33. The van der Waals surface area contributed by atoms with Crippen LogP contribution in [0.15, 0.2) is 29.3 Å². The highest BCUT2D eigenvalue weighted by atomic mass is 127. The van der Waals surface area contributed by atoms with Crippen molar-refractivity contribution in [3.8, 4) is 0 Å². The first-order valence-electron chi connectivity index (χ1n) is 7.69. The molecule has 0 saturated carbocycles. The van der Waals surface area contributed by atoms with Crippen molar-refractivity contribution in [1.82, 2.24) is 10.6 Å². The summed E-state index contributed by atoms with van der Waals surface area (Å²) in [7, 11) is -1.28. The molecule has 0 fully saturated rings. The number of nitrogens with zero attached hydrogens (tertiary/aromatic N) is 1. The number of aliphatic imine (C=N–C) groups is 1. The van der Waals surface area contributed by atoms with Gasteiger partial charge < -0.3 is 10.6 Å². The van der Waals surface area contributed by atoms with Crippen LogP contribution in [0.1, 0.15) is 25.3 Å². The van der Waals surface area contributed by atoms with E-state index in [9.17, 15) is 12.8 Å². The Balaban J connectivity index is 0.00000529. The van der Waals surface area contributed by atoms with Crippen LogP contribution in [-0.4, -0.2) is 46.0 Å². The number of nitrogens with one attached hydrogen (secondary N) is 2. The monoisotopic (exact) mass is 471 g/mol. The van der Waals surface area contributed by atoms with Gasteiger partial charge in [-0.05, 0) is 43.9 Å². The second-order valence-electron chi connectivity index (χ2n) is 5.70. The van der Waals surface area contributed by atoms with E-state index in [1.165, 1.54) is 12.3 Å². The molecule has 0 aromatic heterocycles. The second kappa shape index (κ2) is 11.6. The first-order chi connectivity index (χ1) is 10.8. The van der Waals surface area contributed by atoms with Crippen LogP contribution in [0.25, 0.3) is 0 Å². The van der Waals surface area contributed by atoms with E-state index < -0.39 is 9.84 Å². The lowest BCUT2D eigenvalue weighted by atomic mass is 10.1. The fourth-order valence-electron chi connectivity index (χ4n) is 2.08. The van der Waals surface area contributed by atoms with E-state index in [2.05, 4.69) is 15.6 Å². The maximum atomic E-state index is 13.1. The third-order valence-electron chi connectivity index (χ3n) is 3.35. The molecule has 24 heavy (non-hydrogen) atoms. The number of benzene rings is 1. The quantitative estimate of drug-likeness (QED) is 0.265. The summed E-state index contributed by atoms with van der Waals surface area (Å²) in [6.07, 6.45) is 3.40. The summed E-state index contributed by atoms with van der Waals surface area (Å²) in [5.74, 6) is 0.579. The number of hydrogen-bond donors (Lipinski definition) is 2. The molecular weight excluding hydrogens is 444 g/mol. The maximum absolute atomic E-state index is 13.1. The van der Waals surface area contributed by atoms with E-state index in [1.54, 1.807) is 19.2 Å². The minimum Gasteiger partial charge on any atom is -0.356 e. The highest BCUT2D eigenvalue weighted by Crippen LogP contribution is 2.05.